The van der Waals surface area contributed by atoms with E-state index in [4.69, 9.17) is 23.7 Å². The second kappa shape index (κ2) is 7.69. The van der Waals surface area contributed by atoms with Gasteiger partial charge in [0.15, 0.2) is 6.29 Å². The molecule has 4 aliphatic heterocycles. The number of rotatable bonds is 2. The normalized spacial score (nSPS) is 48.6. The number of hydrogen-bond acceptors (Lipinski definition) is 6. The van der Waals surface area contributed by atoms with E-state index in [2.05, 4.69) is 6.58 Å². The topological polar surface area (TPSA) is 66.4 Å². The van der Waals surface area contributed by atoms with Gasteiger partial charge in [0, 0.05) is 18.4 Å². The molecule has 1 aromatic rings. The Kier molecular flexibility index (Phi) is 5.29. The zero-order chi connectivity index (χ0) is 20.9. The van der Waals surface area contributed by atoms with Crippen LogP contribution < -0.4 is 0 Å². The van der Waals surface area contributed by atoms with Crippen molar-refractivity contribution >= 4 is 0 Å². The van der Waals surface area contributed by atoms with Crippen LogP contribution in [0.4, 0.5) is 0 Å². The molecule has 1 aromatic carbocycles. The van der Waals surface area contributed by atoms with Gasteiger partial charge in [0.1, 0.15) is 12.2 Å². The molecule has 4 heterocycles. The highest BCUT2D eigenvalue weighted by molar-refractivity contribution is 5.16. The SMILES string of the molecule is C=C[C@@H]1O[C@@H]2C[C@@H]3O[C@@H]4CO[C@@H](c5ccccc5)O[C@H]4CC[C@H]3O[C@@]2(C)C[C@@]1(C)O. The molecule has 9 atom stereocenters. The van der Waals surface area contributed by atoms with E-state index in [0.717, 1.165) is 24.8 Å². The van der Waals surface area contributed by atoms with Crippen LogP contribution in [0.15, 0.2) is 43.0 Å². The zero-order valence-corrected chi connectivity index (χ0v) is 17.7. The van der Waals surface area contributed by atoms with Crippen LogP contribution in [0, 0.1) is 0 Å². The monoisotopic (exact) mass is 416 g/mol. The third kappa shape index (κ3) is 3.64. The summed E-state index contributed by atoms with van der Waals surface area (Å²) in [4.78, 5) is 0. The van der Waals surface area contributed by atoms with Crippen LogP contribution in [-0.2, 0) is 23.7 Å². The average molecular weight is 417 g/mol. The predicted molar refractivity (Wildman–Crippen MR) is 110 cm³/mol. The fraction of sp³-hybridized carbons (Fsp3) is 0.667. The standard InChI is InChI=1S/C24H32O6/c1-4-20-23(2,25)14-24(3)21(29-20)12-18-17(30-24)11-10-16-19(27-18)13-26-22(28-16)15-8-6-5-7-9-15/h4-9,16-22,25H,1,10-14H2,2-3H3/t16-,17+,18-,19+,20-,21+,22+,23+,24-/m0/s1. The molecule has 5 rings (SSSR count). The summed E-state index contributed by atoms with van der Waals surface area (Å²) >= 11 is 0. The van der Waals surface area contributed by atoms with Gasteiger partial charge in [-0.1, -0.05) is 36.4 Å². The van der Waals surface area contributed by atoms with Crippen molar-refractivity contribution in [1.29, 1.82) is 0 Å². The van der Waals surface area contributed by atoms with E-state index in [-0.39, 0.29) is 36.8 Å². The molecule has 4 saturated heterocycles. The average Bonchev–Trinajstić information content (AvgIpc) is 2.89. The van der Waals surface area contributed by atoms with Crippen molar-refractivity contribution in [2.24, 2.45) is 0 Å². The summed E-state index contributed by atoms with van der Waals surface area (Å²) in [6.45, 7) is 8.17. The molecule has 6 heteroatoms. The van der Waals surface area contributed by atoms with Gasteiger partial charge in [-0.15, -0.1) is 6.58 Å². The first kappa shape index (κ1) is 20.6. The van der Waals surface area contributed by atoms with Crippen molar-refractivity contribution in [3.05, 3.63) is 48.6 Å². The molecule has 0 aromatic heterocycles. The van der Waals surface area contributed by atoms with Crippen molar-refractivity contribution in [3.8, 4) is 0 Å². The molecular formula is C24H32O6. The summed E-state index contributed by atoms with van der Waals surface area (Å²) in [5, 5.41) is 10.9. The molecule has 0 saturated carbocycles. The quantitative estimate of drug-likeness (QED) is 0.747. The van der Waals surface area contributed by atoms with Crippen LogP contribution >= 0.6 is 0 Å². The lowest BCUT2D eigenvalue weighted by Gasteiger charge is -2.55. The van der Waals surface area contributed by atoms with Crippen LogP contribution in [0.25, 0.3) is 0 Å². The summed E-state index contributed by atoms with van der Waals surface area (Å²) in [7, 11) is 0. The summed E-state index contributed by atoms with van der Waals surface area (Å²) in [6.07, 6.45) is 3.43. The number of benzene rings is 1. The molecule has 0 radical (unpaired) electrons. The molecule has 4 aliphatic rings. The number of hydrogen-bond donors (Lipinski definition) is 1. The molecule has 30 heavy (non-hydrogen) atoms. The summed E-state index contributed by atoms with van der Waals surface area (Å²) < 4.78 is 31.5. The number of aliphatic hydroxyl groups is 1. The maximum Gasteiger partial charge on any atom is 0.184 e. The molecular weight excluding hydrogens is 384 g/mol. The fourth-order valence-electron chi connectivity index (χ4n) is 5.59. The minimum Gasteiger partial charge on any atom is -0.387 e. The number of fused-ring (bicyclic) bond motifs is 3. The molecule has 4 fully saturated rings. The van der Waals surface area contributed by atoms with Gasteiger partial charge in [-0.3, -0.25) is 0 Å². The Morgan fingerprint density at radius 1 is 1.00 bits per heavy atom. The van der Waals surface area contributed by atoms with Gasteiger partial charge >= 0.3 is 0 Å². The van der Waals surface area contributed by atoms with Gasteiger partial charge in [0.2, 0.25) is 0 Å². The third-order valence-electron chi connectivity index (χ3n) is 7.09. The van der Waals surface area contributed by atoms with Crippen molar-refractivity contribution in [3.63, 3.8) is 0 Å². The molecule has 1 N–H and O–H groups in total. The molecule has 6 nitrogen and oxygen atoms in total. The van der Waals surface area contributed by atoms with Crippen LogP contribution in [-0.4, -0.2) is 59.5 Å². The van der Waals surface area contributed by atoms with E-state index < -0.39 is 17.3 Å². The fourth-order valence-corrected chi connectivity index (χ4v) is 5.59. The Morgan fingerprint density at radius 2 is 1.77 bits per heavy atom. The minimum atomic E-state index is -1.00. The Labute approximate surface area is 178 Å². The molecule has 0 aliphatic carbocycles. The van der Waals surface area contributed by atoms with Gasteiger partial charge in [0.25, 0.3) is 0 Å². The second-order valence-electron chi connectivity index (χ2n) is 9.56. The largest absolute Gasteiger partial charge is 0.387 e. The first-order valence-electron chi connectivity index (χ1n) is 11.0. The Morgan fingerprint density at radius 3 is 2.53 bits per heavy atom. The zero-order valence-electron chi connectivity index (χ0n) is 17.7. The smallest absolute Gasteiger partial charge is 0.184 e. The lowest BCUT2D eigenvalue weighted by Crippen LogP contribution is -2.65. The van der Waals surface area contributed by atoms with Crippen LogP contribution in [0.1, 0.15) is 51.4 Å². The highest BCUT2D eigenvalue weighted by atomic mass is 16.7. The van der Waals surface area contributed by atoms with E-state index in [0.29, 0.717) is 13.0 Å². The van der Waals surface area contributed by atoms with E-state index in [1.807, 2.05) is 37.3 Å². The Balaban J connectivity index is 1.30. The maximum absolute atomic E-state index is 10.9. The van der Waals surface area contributed by atoms with E-state index >= 15 is 0 Å². The summed E-state index contributed by atoms with van der Waals surface area (Å²) in [5.41, 5.74) is -0.523. The molecule has 0 bridgehead atoms. The van der Waals surface area contributed by atoms with Crippen LogP contribution in [0.3, 0.4) is 0 Å². The predicted octanol–water partition coefficient (Wildman–Crippen LogP) is 3.29. The van der Waals surface area contributed by atoms with Crippen LogP contribution in [0.2, 0.25) is 0 Å². The van der Waals surface area contributed by atoms with Gasteiger partial charge in [0.05, 0.1) is 42.2 Å². The van der Waals surface area contributed by atoms with Gasteiger partial charge in [-0.25, -0.2) is 0 Å². The van der Waals surface area contributed by atoms with Gasteiger partial charge < -0.3 is 28.8 Å². The highest BCUT2D eigenvalue weighted by Crippen LogP contribution is 2.47. The summed E-state index contributed by atoms with van der Waals surface area (Å²) in [6, 6.07) is 10.0. The maximum atomic E-state index is 10.9. The van der Waals surface area contributed by atoms with E-state index in [9.17, 15) is 5.11 Å². The first-order chi connectivity index (χ1) is 14.4. The van der Waals surface area contributed by atoms with E-state index in [1.54, 1.807) is 13.0 Å². The minimum absolute atomic E-state index is 0.0297. The van der Waals surface area contributed by atoms with Crippen LogP contribution in [0.5, 0.6) is 0 Å². The van der Waals surface area contributed by atoms with E-state index in [1.165, 1.54) is 0 Å². The molecule has 164 valence electrons. The lowest BCUT2D eigenvalue weighted by molar-refractivity contribution is -0.313. The Hall–Kier alpha value is -1.28. The second-order valence-corrected chi connectivity index (χ2v) is 9.56. The number of ether oxygens (including phenoxy) is 5. The molecule has 0 unspecified atom stereocenters. The lowest BCUT2D eigenvalue weighted by atomic mass is 9.75. The van der Waals surface area contributed by atoms with Crippen molar-refractivity contribution in [1.82, 2.24) is 0 Å². The van der Waals surface area contributed by atoms with Gasteiger partial charge in [-0.05, 0) is 26.7 Å². The van der Waals surface area contributed by atoms with Crippen molar-refractivity contribution in [2.45, 2.75) is 93.6 Å². The Bertz CT molecular complexity index is 766. The van der Waals surface area contributed by atoms with Crippen molar-refractivity contribution < 1.29 is 28.8 Å². The highest BCUT2D eigenvalue weighted by Gasteiger charge is 2.57. The third-order valence-corrected chi connectivity index (χ3v) is 7.09. The summed E-state index contributed by atoms with van der Waals surface area (Å²) in [5.74, 6) is 0. The van der Waals surface area contributed by atoms with Crippen molar-refractivity contribution in [2.75, 3.05) is 6.61 Å². The van der Waals surface area contributed by atoms with Gasteiger partial charge in [-0.2, -0.15) is 0 Å². The molecule has 0 amide bonds. The molecule has 0 spiro atoms. The first-order valence-corrected chi connectivity index (χ1v) is 11.0.